The predicted molar refractivity (Wildman–Crippen MR) is 69.0 cm³/mol. The fourth-order valence-electron chi connectivity index (χ4n) is 1.57. The molecule has 0 aliphatic heterocycles. The Morgan fingerprint density at radius 1 is 1.65 bits per heavy atom. The number of thiazole rings is 1. The molecule has 4 nitrogen and oxygen atoms in total. The molecule has 0 saturated carbocycles. The summed E-state index contributed by atoms with van der Waals surface area (Å²) in [7, 11) is 1.43. The number of ether oxygens (including phenoxy) is 1. The van der Waals surface area contributed by atoms with E-state index in [2.05, 4.69) is 17.2 Å². The van der Waals surface area contributed by atoms with Crippen LogP contribution in [0.4, 0.5) is 0 Å². The van der Waals surface area contributed by atoms with Gasteiger partial charge in [-0.25, -0.2) is 4.98 Å². The van der Waals surface area contributed by atoms with Gasteiger partial charge >= 0.3 is 5.97 Å². The first kappa shape index (κ1) is 14.1. The van der Waals surface area contributed by atoms with Crippen LogP contribution >= 0.6 is 11.3 Å². The van der Waals surface area contributed by atoms with E-state index in [1.54, 1.807) is 11.3 Å². The molecule has 0 spiro atoms. The number of rotatable bonds is 7. The lowest BCUT2D eigenvalue weighted by Gasteiger charge is -2.15. The van der Waals surface area contributed by atoms with E-state index in [1.165, 1.54) is 7.11 Å². The maximum atomic E-state index is 11.5. The summed E-state index contributed by atoms with van der Waals surface area (Å²) in [4.78, 5) is 15.9. The van der Waals surface area contributed by atoms with Crippen molar-refractivity contribution in [1.82, 2.24) is 10.3 Å². The van der Waals surface area contributed by atoms with Gasteiger partial charge in [-0.15, -0.1) is 11.3 Å². The number of unbranched alkanes of at least 4 members (excludes halogenated alkanes) is 1. The monoisotopic (exact) mass is 256 g/mol. The van der Waals surface area contributed by atoms with E-state index < -0.39 is 0 Å². The average Bonchev–Trinajstić information content (AvgIpc) is 2.74. The minimum Gasteiger partial charge on any atom is -0.468 e. The van der Waals surface area contributed by atoms with Crippen LogP contribution in [0.5, 0.6) is 0 Å². The van der Waals surface area contributed by atoms with Crippen molar-refractivity contribution in [3.05, 3.63) is 16.1 Å². The molecule has 1 atom stereocenters. The number of aryl methyl sites for hydroxylation is 1. The summed E-state index contributed by atoms with van der Waals surface area (Å²) in [6.07, 6.45) is 2.90. The summed E-state index contributed by atoms with van der Waals surface area (Å²) in [5.41, 5.74) is 0.984. The van der Waals surface area contributed by atoms with Crippen LogP contribution in [0.3, 0.4) is 0 Å². The Labute approximate surface area is 106 Å². The molecule has 0 aromatic carbocycles. The highest BCUT2D eigenvalue weighted by Crippen LogP contribution is 2.09. The van der Waals surface area contributed by atoms with Gasteiger partial charge in [-0.05, 0) is 13.3 Å². The first-order valence-corrected chi connectivity index (χ1v) is 6.77. The number of carbonyl (C=O) groups is 1. The summed E-state index contributed by atoms with van der Waals surface area (Å²) >= 11 is 1.62. The van der Waals surface area contributed by atoms with Gasteiger partial charge in [0.15, 0.2) is 0 Å². The first-order valence-electron chi connectivity index (χ1n) is 5.89. The van der Waals surface area contributed by atoms with Crippen molar-refractivity contribution in [2.75, 3.05) is 7.11 Å². The zero-order chi connectivity index (χ0) is 12.7. The van der Waals surface area contributed by atoms with Gasteiger partial charge < -0.3 is 4.74 Å². The molecular formula is C12H20N2O2S. The Hall–Kier alpha value is -0.940. The van der Waals surface area contributed by atoms with Gasteiger partial charge in [0.1, 0.15) is 6.04 Å². The molecule has 0 radical (unpaired) electrons. The third kappa shape index (κ3) is 4.83. The first-order chi connectivity index (χ1) is 8.17. The normalized spacial score (nSPS) is 12.4. The predicted octanol–water partition coefficient (Wildman–Crippen LogP) is 2.27. The average molecular weight is 256 g/mol. The number of nitrogens with one attached hydrogen (secondary N) is 1. The molecule has 17 heavy (non-hydrogen) atoms. The van der Waals surface area contributed by atoms with Crippen molar-refractivity contribution in [3.63, 3.8) is 0 Å². The van der Waals surface area contributed by atoms with Gasteiger partial charge in [0.05, 0.1) is 17.8 Å². The quantitative estimate of drug-likeness (QED) is 0.760. The number of esters is 1. The largest absolute Gasteiger partial charge is 0.468 e. The van der Waals surface area contributed by atoms with Crippen molar-refractivity contribution < 1.29 is 9.53 Å². The highest BCUT2D eigenvalue weighted by atomic mass is 32.1. The van der Waals surface area contributed by atoms with Gasteiger partial charge in [0.2, 0.25) is 0 Å². The summed E-state index contributed by atoms with van der Waals surface area (Å²) in [6.45, 7) is 4.70. The lowest BCUT2D eigenvalue weighted by Crippen LogP contribution is -2.37. The lowest BCUT2D eigenvalue weighted by molar-refractivity contribution is -0.143. The highest BCUT2D eigenvalue weighted by molar-refractivity contribution is 7.09. The van der Waals surface area contributed by atoms with Crippen LogP contribution in [0.15, 0.2) is 5.38 Å². The zero-order valence-corrected chi connectivity index (χ0v) is 11.5. The topological polar surface area (TPSA) is 51.2 Å². The van der Waals surface area contributed by atoms with E-state index in [0.29, 0.717) is 6.54 Å². The summed E-state index contributed by atoms with van der Waals surface area (Å²) < 4.78 is 4.78. The number of hydrogen-bond acceptors (Lipinski definition) is 5. The fourth-order valence-corrected chi connectivity index (χ4v) is 2.18. The third-order valence-corrected chi connectivity index (χ3v) is 3.35. The van der Waals surface area contributed by atoms with E-state index in [4.69, 9.17) is 4.74 Å². The molecule has 1 heterocycles. The Morgan fingerprint density at radius 2 is 2.41 bits per heavy atom. The minimum atomic E-state index is -0.220. The number of carbonyl (C=O) groups excluding carboxylic acids is 1. The van der Waals surface area contributed by atoms with Gasteiger partial charge in [0, 0.05) is 11.9 Å². The highest BCUT2D eigenvalue weighted by Gasteiger charge is 2.17. The summed E-state index contributed by atoms with van der Waals surface area (Å²) in [6, 6.07) is -0.220. The van der Waals surface area contributed by atoms with Crippen molar-refractivity contribution in [2.45, 2.75) is 45.7 Å². The standard InChI is InChI=1S/C12H20N2O2S/c1-4-5-6-11(12(15)16-3)13-7-10-8-17-9(2)14-10/h8,11,13H,4-7H2,1-3H3. The second-order valence-corrected chi connectivity index (χ2v) is 5.02. The molecule has 1 rings (SSSR count). The molecule has 0 fully saturated rings. The van der Waals surface area contributed by atoms with Gasteiger partial charge in [-0.3, -0.25) is 10.1 Å². The van der Waals surface area contributed by atoms with E-state index in [1.807, 2.05) is 12.3 Å². The smallest absolute Gasteiger partial charge is 0.322 e. The van der Waals surface area contributed by atoms with Crippen LogP contribution in [-0.2, 0) is 16.1 Å². The number of methoxy groups -OCH3 is 1. The molecular weight excluding hydrogens is 236 g/mol. The molecule has 1 aromatic heterocycles. The minimum absolute atomic E-state index is 0.189. The van der Waals surface area contributed by atoms with Crippen LogP contribution < -0.4 is 5.32 Å². The van der Waals surface area contributed by atoms with Gasteiger partial charge in [-0.1, -0.05) is 19.8 Å². The van der Waals surface area contributed by atoms with Crippen molar-refractivity contribution in [2.24, 2.45) is 0 Å². The summed E-state index contributed by atoms with van der Waals surface area (Å²) in [5.74, 6) is -0.189. The van der Waals surface area contributed by atoms with Crippen molar-refractivity contribution in [1.29, 1.82) is 0 Å². The van der Waals surface area contributed by atoms with Crippen LogP contribution in [0.25, 0.3) is 0 Å². The molecule has 0 aliphatic rings. The van der Waals surface area contributed by atoms with Crippen LogP contribution in [0, 0.1) is 6.92 Å². The Kier molecular flexibility index (Phi) is 6.15. The molecule has 1 unspecified atom stereocenters. The molecule has 1 aromatic rings. The Morgan fingerprint density at radius 3 is 2.94 bits per heavy atom. The third-order valence-electron chi connectivity index (χ3n) is 2.53. The lowest BCUT2D eigenvalue weighted by atomic mass is 10.1. The Bertz CT molecular complexity index is 352. The fraction of sp³-hybridized carbons (Fsp3) is 0.667. The molecule has 96 valence electrons. The van der Waals surface area contributed by atoms with Gasteiger partial charge in [-0.2, -0.15) is 0 Å². The zero-order valence-electron chi connectivity index (χ0n) is 10.7. The molecule has 0 aliphatic carbocycles. The van der Waals surface area contributed by atoms with E-state index >= 15 is 0 Å². The van der Waals surface area contributed by atoms with E-state index in [-0.39, 0.29) is 12.0 Å². The van der Waals surface area contributed by atoms with Crippen LogP contribution in [-0.4, -0.2) is 24.1 Å². The molecule has 1 N–H and O–H groups in total. The van der Waals surface area contributed by atoms with E-state index in [0.717, 1.165) is 30.0 Å². The number of hydrogen-bond donors (Lipinski definition) is 1. The summed E-state index contributed by atoms with van der Waals surface area (Å²) in [5, 5.41) is 6.26. The number of aromatic nitrogens is 1. The van der Waals surface area contributed by atoms with E-state index in [9.17, 15) is 4.79 Å². The second-order valence-electron chi connectivity index (χ2n) is 3.96. The van der Waals surface area contributed by atoms with Crippen LogP contribution in [0.1, 0.15) is 36.9 Å². The molecule has 0 amide bonds. The number of nitrogens with zero attached hydrogens (tertiary/aromatic N) is 1. The van der Waals surface area contributed by atoms with Crippen molar-refractivity contribution >= 4 is 17.3 Å². The van der Waals surface area contributed by atoms with Crippen LogP contribution in [0.2, 0.25) is 0 Å². The maximum absolute atomic E-state index is 11.5. The molecule has 0 bridgehead atoms. The Balaban J connectivity index is 2.45. The van der Waals surface area contributed by atoms with Gasteiger partial charge in [0.25, 0.3) is 0 Å². The molecule has 5 heteroatoms. The van der Waals surface area contributed by atoms with Crippen molar-refractivity contribution in [3.8, 4) is 0 Å². The second kappa shape index (κ2) is 7.40. The SMILES string of the molecule is CCCCC(NCc1csc(C)n1)C(=O)OC. The molecule has 0 saturated heterocycles. The maximum Gasteiger partial charge on any atom is 0.322 e.